The van der Waals surface area contributed by atoms with Crippen LogP contribution in [0.25, 0.3) is 16.7 Å². The van der Waals surface area contributed by atoms with E-state index in [1.807, 2.05) is 33.3 Å². The first-order valence-corrected chi connectivity index (χ1v) is 11.5. The van der Waals surface area contributed by atoms with E-state index < -0.39 is 0 Å². The average Bonchev–Trinajstić information content (AvgIpc) is 3.14. The summed E-state index contributed by atoms with van der Waals surface area (Å²) in [5, 5.41) is 5.41. The van der Waals surface area contributed by atoms with Gasteiger partial charge in [0.1, 0.15) is 0 Å². The molecule has 1 aliphatic rings. The first kappa shape index (κ1) is 20.8. The van der Waals surface area contributed by atoms with E-state index in [4.69, 9.17) is 17.3 Å². The van der Waals surface area contributed by atoms with Crippen molar-refractivity contribution in [3.8, 4) is 0 Å². The minimum atomic E-state index is -0.0677. The molecule has 0 N–H and O–H groups in total. The quantitative estimate of drug-likeness (QED) is 0.328. The van der Waals surface area contributed by atoms with Gasteiger partial charge in [-0.25, -0.2) is 4.68 Å². The Morgan fingerprint density at radius 2 is 1.78 bits per heavy atom. The average molecular weight is 446 g/mol. The van der Waals surface area contributed by atoms with Crippen LogP contribution in [0.4, 0.5) is 0 Å². The molecular weight excluding hydrogens is 418 g/mol. The summed E-state index contributed by atoms with van der Waals surface area (Å²) in [5.74, 6) is 1.28. The Morgan fingerprint density at radius 3 is 2.53 bits per heavy atom. The molecule has 0 aliphatic carbocycles. The van der Waals surface area contributed by atoms with Gasteiger partial charge >= 0.3 is 0 Å². The summed E-state index contributed by atoms with van der Waals surface area (Å²) < 4.78 is 6.03. The summed E-state index contributed by atoms with van der Waals surface area (Å²) in [6, 6.07) is 18.3. The number of likely N-dealkylation sites (tertiary alicyclic amines) is 1. The Bertz CT molecular complexity index is 1380. The lowest BCUT2D eigenvalue weighted by Gasteiger charge is -2.31. The van der Waals surface area contributed by atoms with Crippen molar-refractivity contribution in [3.63, 3.8) is 0 Å². The van der Waals surface area contributed by atoms with E-state index in [0.717, 1.165) is 25.0 Å². The van der Waals surface area contributed by atoms with Gasteiger partial charge in [0.25, 0.3) is 5.56 Å². The molecule has 32 heavy (non-hydrogen) atoms. The van der Waals surface area contributed by atoms with Crippen LogP contribution in [0.3, 0.4) is 0 Å². The van der Waals surface area contributed by atoms with Gasteiger partial charge in [0.2, 0.25) is 10.5 Å². The summed E-state index contributed by atoms with van der Waals surface area (Å²) in [5.41, 5.74) is 2.15. The number of para-hydroxylation sites is 1. The van der Waals surface area contributed by atoms with E-state index in [1.165, 1.54) is 18.4 Å². The van der Waals surface area contributed by atoms with Gasteiger partial charge in [-0.2, -0.15) is 0 Å². The first-order chi connectivity index (χ1) is 15.7. The molecule has 2 aromatic heterocycles. The van der Waals surface area contributed by atoms with Gasteiger partial charge in [0.15, 0.2) is 0 Å². The fraction of sp³-hybridized carbons (Fsp3) is 0.320. The SMILES string of the molecule is C=CCn1c(=O)c2ccccc2n2c(=S)n(CN3CCC(Cc4ccccc4)CC3)nc12. The Hall–Kier alpha value is -3.03. The third-order valence-corrected chi connectivity index (χ3v) is 6.80. The van der Waals surface area contributed by atoms with Gasteiger partial charge in [0, 0.05) is 19.6 Å². The zero-order valence-electron chi connectivity index (χ0n) is 18.1. The second-order valence-corrected chi connectivity index (χ2v) is 8.90. The van der Waals surface area contributed by atoms with Crippen molar-refractivity contribution in [2.45, 2.75) is 32.5 Å². The van der Waals surface area contributed by atoms with Crippen LogP contribution in [0.2, 0.25) is 0 Å². The maximum atomic E-state index is 13.0. The van der Waals surface area contributed by atoms with Gasteiger partial charge < -0.3 is 0 Å². The highest BCUT2D eigenvalue weighted by atomic mass is 32.1. The molecule has 6 nitrogen and oxygen atoms in total. The second-order valence-electron chi connectivity index (χ2n) is 8.53. The third-order valence-electron chi connectivity index (χ3n) is 6.40. The zero-order chi connectivity index (χ0) is 22.1. The highest BCUT2D eigenvalue weighted by molar-refractivity contribution is 7.71. The summed E-state index contributed by atoms with van der Waals surface area (Å²) in [6.07, 6.45) is 5.19. The smallest absolute Gasteiger partial charge is 0.263 e. The van der Waals surface area contributed by atoms with E-state index in [0.29, 0.717) is 35.1 Å². The van der Waals surface area contributed by atoms with Crippen molar-refractivity contribution in [3.05, 3.63) is 87.9 Å². The molecule has 1 fully saturated rings. The van der Waals surface area contributed by atoms with Crippen molar-refractivity contribution in [2.24, 2.45) is 5.92 Å². The van der Waals surface area contributed by atoms with Gasteiger partial charge in [-0.1, -0.05) is 48.5 Å². The molecule has 3 heterocycles. The predicted molar refractivity (Wildman–Crippen MR) is 130 cm³/mol. The lowest BCUT2D eigenvalue weighted by atomic mass is 9.90. The highest BCUT2D eigenvalue weighted by Crippen LogP contribution is 2.22. The van der Waals surface area contributed by atoms with Gasteiger partial charge in [-0.3, -0.25) is 18.7 Å². The number of fused-ring (bicyclic) bond motifs is 3. The standard InChI is InChI=1S/C25H27N5OS/c1-2-14-28-23(31)21-10-6-7-11-22(21)30-24(28)26-29(25(30)32)18-27-15-12-20(13-16-27)17-19-8-4-3-5-9-19/h2-11,20H,1,12-18H2. The van der Waals surface area contributed by atoms with Gasteiger partial charge in [-0.15, -0.1) is 11.7 Å². The van der Waals surface area contributed by atoms with E-state index in [9.17, 15) is 4.79 Å². The Balaban J connectivity index is 1.41. The van der Waals surface area contributed by atoms with Crippen LogP contribution in [0.1, 0.15) is 18.4 Å². The summed E-state index contributed by atoms with van der Waals surface area (Å²) in [4.78, 5) is 15.4. The summed E-state index contributed by atoms with van der Waals surface area (Å²) in [7, 11) is 0. The van der Waals surface area contributed by atoms with E-state index >= 15 is 0 Å². The number of benzene rings is 2. The number of piperidine rings is 1. The topological polar surface area (TPSA) is 47.5 Å². The first-order valence-electron chi connectivity index (χ1n) is 11.1. The fourth-order valence-corrected chi connectivity index (χ4v) is 5.00. The summed E-state index contributed by atoms with van der Waals surface area (Å²) in [6.45, 7) is 6.88. The third kappa shape index (κ3) is 3.82. The number of rotatable bonds is 6. The molecule has 0 amide bonds. The molecule has 7 heteroatoms. The van der Waals surface area contributed by atoms with Crippen LogP contribution in [0.5, 0.6) is 0 Å². The number of nitrogens with zero attached hydrogens (tertiary/aromatic N) is 5. The van der Waals surface area contributed by atoms with Crippen LogP contribution in [-0.4, -0.2) is 36.7 Å². The maximum absolute atomic E-state index is 13.0. The number of hydrogen-bond donors (Lipinski definition) is 0. The Kier molecular flexibility index (Phi) is 5.76. The molecule has 1 aliphatic heterocycles. The van der Waals surface area contributed by atoms with E-state index in [1.54, 1.807) is 10.6 Å². The molecule has 5 rings (SSSR count). The molecule has 0 spiro atoms. The van der Waals surface area contributed by atoms with E-state index in [-0.39, 0.29) is 5.56 Å². The van der Waals surface area contributed by atoms with Crippen molar-refractivity contribution in [1.29, 1.82) is 0 Å². The second kappa shape index (κ2) is 8.84. The van der Waals surface area contributed by atoms with Crippen LogP contribution >= 0.6 is 12.2 Å². The van der Waals surface area contributed by atoms with E-state index in [2.05, 4.69) is 41.8 Å². The molecular formula is C25H27N5OS. The van der Waals surface area contributed by atoms with Crippen LogP contribution in [0, 0.1) is 10.7 Å². The van der Waals surface area contributed by atoms with Gasteiger partial charge in [-0.05, 0) is 55.1 Å². The minimum Gasteiger partial charge on any atom is -0.284 e. The van der Waals surface area contributed by atoms with Crippen LogP contribution in [-0.2, 0) is 19.6 Å². The molecule has 1 saturated heterocycles. The molecule has 164 valence electrons. The predicted octanol–water partition coefficient (Wildman–Crippen LogP) is 4.28. The Labute approximate surface area is 192 Å². The molecule has 0 bridgehead atoms. The monoisotopic (exact) mass is 445 g/mol. The molecule has 0 saturated carbocycles. The maximum Gasteiger partial charge on any atom is 0.263 e. The number of hydrogen-bond acceptors (Lipinski definition) is 4. The molecule has 4 aromatic rings. The van der Waals surface area contributed by atoms with Crippen molar-refractivity contribution >= 4 is 28.9 Å². The lowest BCUT2D eigenvalue weighted by Crippen LogP contribution is -2.36. The summed E-state index contributed by atoms with van der Waals surface area (Å²) >= 11 is 5.82. The zero-order valence-corrected chi connectivity index (χ0v) is 18.9. The molecule has 0 atom stereocenters. The Morgan fingerprint density at radius 1 is 1.06 bits per heavy atom. The molecule has 0 unspecified atom stereocenters. The largest absolute Gasteiger partial charge is 0.284 e. The van der Waals surface area contributed by atoms with Crippen molar-refractivity contribution < 1.29 is 0 Å². The normalized spacial score (nSPS) is 15.5. The number of aromatic nitrogens is 4. The van der Waals surface area contributed by atoms with Crippen LogP contribution in [0.15, 0.2) is 72.0 Å². The number of allylic oxidation sites excluding steroid dienone is 1. The highest BCUT2D eigenvalue weighted by Gasteiger charge is 2.21. The van der Waals surface area contributed by atoms with Crippen LogP contribution < -0.4 is 5.56 Å². The molecule has 0 radical (unpaired) electrons. The minimum absolute atomic E-state index is 0.0677. The van der Waals surface area contributed by atoms with Crippen molar-refractivity contribution in [2.75, 3.05) is 13.1 Å². The lowest BCUT2D eigenvalue weighted by molar-refractivity contribution is 0.140. The van der Waals surface area contributed by atoms with Crippen molar-refractivity contribution in [1.82, 2.24) is 23.6 Å². The fourth-order valence-electron chi connectivity index (χ4n) is 4.72. The molecule has 2 aromatic carbocycles. The van der Waals surface area contributed by atoms with Gasteiger partial charge in [0.05, 0.1) is 17.6 Å².